The van der Waals surface area contributed by atoms with Crippen molar-refractivity contribution in [3.05, 3.63) is 0 Å². The number of hydrogen-bond donors (Lipinski definition) is 1. The van der Waals surface area contributed by atoms with Crippen LogP contribution in [0.25, 0.3) is 0 Å². The topological polar surface area (TPSA) is 67.9 Å². The first-order chi connectivity index (χ1) is 8.74. The Labute approximate surface area is 114 Å². The second-order valence-electron chi connectivity index (χ2n) is 5.69. The van der Waals surface area contributed by atoms with E-state index in [0.717, 1.165) is 0 Å². The van der Waals surface area contributed by atoms with Crippen LogP contribution in [0.15, 0.2) is 0 Å². The zero-order chi connectivity index (χ0) is 14.6. The highest BCUT2D eigenvalue weighted by molar-refractivity contribution is 5.76. The van der Waals surface area contributed by atoms with E-state index in [-0.39, 0.29) is 24.1 Å². The molecule has 6 heteroatoms. The van der Waals surface area contributed by atoms with Gasteiger partial charge in [-0.2, -0.15) is 0 Å². The molecule has 0 spiro atoms. The molecule has 0 bridgehead atoms. The maximum absolute atomic E-state index is 11.9. The van der Waals surface area contributed by atoms with Gasteiger partial charge in [0.2, 0.25) is 0 Å². The van der Waals surface area contributed by atoms with E-state index in [9.17, 15) is 9.59 Å². The average molecular weight is 272 g/mol. The molecule has 19 heavy (non-hydrogen) atoms. The third-order valence-electron chi connectivity index (χ3n) is 2.91. The van der Waals surface area contributed by atoms with E-state index in [2.05, 4.69) is 5.32 Å². The number of carbonyl (C=O) groups is 2. The minimum Gasteiger partial charge on any atom is -0.465 e. The van der Waals surface area contributed by atoms with Gasteiger partial charge >= 0.3 is 12.1 Å². The maximum Gasteiger partial charge on any atom is 0.410 e. The molecule has 0 aromatic carbocycles. The van der Waals surface area contributed by atoms with Crippen LogP contribution < -0.4 is 5.32 Å². The molecule has 110 valence electrons. The first kappa shape index (κ1) is 15.8. The lowest BCUT2D eigenvalue weighted by molar-refractivity contribution is -0.145. The lowest BCUT2D eigenvalue weighted by Gasteiger charge is -2.28. The van der Waals surface area contributed by atoms with Crippen molar-refractivity contribution in [1.82, 2.24) is 10.2 Å². The van der Waals surface area contributed by atoms with Gasteiger partial charge in [0.1, 0.15) is 11.6 Å². The van der Waals surface area contributed by atoms with Gasteiger partial charge in [-0.25, -0.2) is 4.79 Å². The Morgan fingerprint density at radius 2 is 2.00 bits per heavy atom. The summed E-state index contributed by atoms with van der Waals surface area (Å²) in [6.07, 6.45) is 0.179. The van der Waals surface area contributed by atoms with E-state index in [4.69, 9.17) is 9.47 Å². The molecule has 1 amide bonds. The summed E-state index contributed by atoms with van der Waals surface area (Å²) in [6.45, 7) is 8.19. The van der Waals surface area contributed by atoms with Crippen molar-refractivity contribution in [1.29, 1.82) is 0 Å². The predicted octanol–water partition coefficient (Wildman–Crippen LogP) is 1.15. The van der Waals surface area contributed by atoms with Crippen LogP contribution in [-0.2, 0) is 14.3 Å². The normalized spacial score (nSPS) is 23.0. The highest BCUT2D eigenvalue weighted by Gasteiger charge is 2.35. The molecular formula is C13H24N2O4. The first-order valence-electron chi connectivity index (χ1n) is 6.60. The van der Waals surface area contributed by atoms with Crippen molar-refractivity contribution in [3.63, 3.8) is 0 Å². The molecule has 0 aromatic heterocycles. The Morgan fingerprint density at radius 3 is 2.53 bits per heavy atom. The molecule has 1 fully saturated rings. The van der Waals surface area contributed by atoms with Gasteiger partial charge in [0.05, 0.1) is 6.61 Å². The van der Waals surface area contributed by atoms with Crippen LogP contribution in [0.4, 0.5) is 4.79 Å². The molecule has 1 N–H and O–H groups in total. The van der Waals surface area contributed by atoms with E-state index in [0.29, 0.717) is 19.6 Å². The van der Waals surface area contributed by atoms with E-state index in [1.165, 1.54) is 4.90 Å². The summed E-state index contributed by atoms with van der Waals surface area (Å²) < 4.78 is 10.3. The van der Waals surface area contributed by atoms with Crippen LogP contribution in [0.2, 0.25) is 0 Å². The number of esters is 1. The van der Waals surface area contributed by atoms with E-state index >= 15 is 0 Å². The first-order valence-corrected chi connectivity index (χ1v) is 6.60. The highest BCUT2D eigenvalue weighted by Crippen LogP contribution is 2.17. The Hall–Kier alpha value is -1.30. The second kappa shape index (κ2) is 6.23. The largest absolute Gasteiger partial charge is 0.465 e. The summed E-state index contributed by atoms with van der Waals surface area (Å²) in [5.41, 5.74) is -0.516. The zero-order valence-corrected chi connectivity index (χ0v) is 12.4. The summed E-state index contributed by atoms with van der Waals surface area (Å²) in [5.74, 6) is -0.261. The van der Waals surface area contributed by atoms with Crippen LogP contribution in [0.3, 0.4) is 0 Å². The number of hydrogen-bond acceptors (Lipinski definition) is 5. The maximum atomic E-state index is 11.9. The summed E-state index contributed by atoms with van der Waals surface area (Å²) in [5, 5.41) is 3.07. The Bertz CT molecular complexity index is 338. The van der Waals surface area contributed by atoms with Crippen LogP contribution in [0.1, 0.15) is 34.1 Å². The Balaban J connectivity index is 2.50. The fourth-order valence-corrected chi connectivity index (χ4v) is 1.92. The molecule has 6 nitrogen and oxygen atoms in total. The van der Waals surface area contributed by atoms with Crippen LogP contribution in [0.5, 0.6) is 0 Å². The Morgan fingerprint density at radius 1 is 1.37 bits per heavy atom. The van der Waals surface area contributed by atoms with Gasteiger partial charge in [-0.3, -0.25) is 4.79 Å². The smallest absolute Gasteiger partial charge is 0.410 e. The molecule has 1 heterocycles. The third kappa shape index (κ3) is 4.70. The summed E-state index contributed by atoms with van der Waals surface area (Å²) in [4.78, 5) is 25.0. The lowest BCUT2D eigenvalue weighted by Crippen LogP contribution is -2.41. The van der Waals surface area contributed by atoms with Crippen LogP contribution in [0, 0.1) is 0 Å². The molecule has 0 aromatic rings. The molecule has 1 aliphatic rings. The molecule has 0 radical (unpaired) electrons. The van der Waals surface area contributed by atoms with E-state index in [1.54, 1.807) is 14.0 Å². The van der Waals surface area contributed by atoms with Gasteiger partial charge < -0.3 is 19.7 Å². The SMILES string of the molecule is CCOC(=O)[C@H]1C[C@@H](N(C)C(=O)OC(C)(C)C)CN1. The van der Waals surface area contributed by atoms with Gasteiger partial charge in [-0.05, 0) is 34.1 Å². The number of likely N-dealkylation sites (N-methyl/N-ethyl adjacent to an activating group) is 1. The number of ether oxygens (including phenoxy) is 2. The fourth-order valence-electron chi connectivity index (χ4n) is 1.92. The quantitative estimate of drug-likeness (QED) is 0.781. The van der Waals surface area contributed by atoms with Crippen LogP contribution >= 0.6 is 0 Å². The minimum absolute atomic E-state index is 0.0516. The van der Waals surface area contributed by atoms with Crippen molar-refractivity contribution in [2.24, 2.45) is 0 Å². The number of amides is 1. The van der Waals surface area contributed by atoms with Crippen molar-refractivity contribution < 1.29 is 19.1 Å². The monoisotopic (exact) mass is 272 g/mol. The molecule has 2 atom stereocenters. The summed E-state index contributed by atoms with van der Waals surface area (Å²) in [6, 6.07) is -0.390. The van der Waals surface area contributed by atoms with Crippen LogP contribution in [-0.4, -0.2) is 54.8 Å². The van der Waals surface area contributed by atoms with Crippen molar-refractivity contribution >= 4 is 12.1 Å². The molecule has 0 aliphatic carbocycles. The fraction of sp³-hybridized carbons (Fsp3) is 0.846. The van der Waals surface area contributed by atoms with E-state index in [1.807, 2.05) is 20.8 Å². The second-order valence-corrected chi connectivity index (χ2v) is 5.69. The lowest BCUT2D eigenvalue weighted by atomic mass is 10.1. The van der Waals surface area contributed by atoms with Crippen molar-refractivity contribution in [2.45, 2.75) is 51.8 Å². The summed E-state index contributed by atoms with van der Waals surface area (Å²) in [7, 11) is 1.69. The molecule has 0 saturated carbocycles. The Kier molecular flexibility index (Phi) is 5.17. The highest BCUT2D eigenvalue weighted by atomic mass is 16.6. The minimum atomic E-state index is -0.516. The number of nitrogens with one attached hydrogen (secondary N) is 1. The van der Waals surface area contributed by atoms with Crippen molar-refractivity contribution in [2.75, 3.05) is 20.2 Å². The van der Waals surface area contributed by atoms with Gasteiger partial charge in [-0.1, -0.05) is 0 Å². The van der Waals surface area contributed by atoms with Crippen molar-refractivity contribution in [3.8, 4) is 0 Å². The molecular weight excluding hydrogens is 248 g/mol. The molecule has 0 unspecified atom stereocenters. The number of rotatable bonds is 3. The zero-order valence-electron chi connectivity index (χ0n) is 12.4. The van der Waals surface area contributed by atoms with E-state index < -0.39 is 5.60 Å². The number of carbonyl (C=O) groups excluding carboxylic acids is 2. The standard InChI is InChI=1S/C13H24N2O4/c1-6-18-11(16)10-7-9(8-14-10)15(5)12(17)19-13(2,3)4/h9-10,14H,6-8H2,1-5H3/t9-,10-/m1/s1. The van der Waals surface area contributed by atoms with Gasteiger partial charge in [0, 0.05) is 19.6 Å². The number of nitrogens with zero attached hydrogens (tertiary/aromatic N) is 1. The van der Waals surface area contributed by atoms with Gasteiger partial charge in [0.15, 0.2) is 0 Å². The van der Waals surface area contributed by atoms with Gasteiger partial charge in [0.25, 0.3) is 0 Å². The average Bonchev–Trinajstić information content (AvgIpc) is 2.75. The van der Waals surface area contributed by atoms with Gasteiger partial charge in [-0.15, -0.1) is 0 Å². The third-order valence-corrected chi connectivity index (χ3v) is 2.91. The molecule has 1 aliphatic heterocycles. The predicted molar refractivity (Wildman–Crippen MR) is 70.8 cm³/mol. The molecule has 1 saturated heterocycles. The summed E-state index contributed by atoms with van der Waals surface area (Å²) >= 11 is 0. The molecule has 1 rings (SSSR count).